The first-order valence-electron chi connectivity index (χ1n) is 11.9. The minimum atomic E-state index is -0.0734. The van der Waals surface area contributed by atoms with E-state index in [1.54, 1.807) is 0 Å². The van der Waals surface area contributed by atoms with Gasteiger partial charge in [0.25, 0.3) is 0 Å². The maximum absolute atomic E-state index is 11.9. The number of carbonyl (C=O) groups excluding carboxylic acids is 2. The molecule has 2 rings (SSSR count). The molecule has 31 heavy (non-hydrogen) atoms. The Kier molecular flexibility index (Phi) is 17.0. The van der Waals surface area contributed by atoms with Gasteiger partial charge >= 0.3 is 11.9 Å². The van der Waals surface area contributed by atoms with Crippen molar-refractivity contribution >= 4 is 11.9 Å². The van der Waals surface area contributed by atoms with E-state index in [0.717, 1.165) is 41.3 Å². The van der Waals surface area contributed by atoms with Gasteiger partial charge in [-0.15, -0.1) is 0 Å². The summed E-state index contributed by atoms with van der Waals surface area (Å²) in [7, 11) is 4.50. The molecule has 0 saturated carbocycles. The molecule has 2 saturated heterocycles. The lowest BCUT2D eigenvalue weighted by atomic mass is 10.1. The molecule has 0 amide bonds. The fourth-order valence-electron chi connectivity index (χ4n) is 4.62. The summed E-state index contributed by atoms with van der Waals surface area (Å²) in [5.74, 6) is -0.147. The van der Waals surface area contributed by atoms with Crippen molar-refractivity contribution in [2.24, 2.45) is 0 Å². The van der Waals surface area contributed by atoms with Crippen LogP contribution < -0.4 is 48.0 Å². The van der Waals surface area contributed by atoms with Crippen LogP contribution in [0.1, 0.15) is 70.6 Å². The SMILES string of the molecule is C[N+]1(CCC(=O)OCCCCCOC(=O)CC[N+]2(C)CCCCC2)CCCCC1.[I-].[I-]. The monoisotopic (exact) mass is 666 g/mol. The van der Waals surface area contributed by atoms with Gasteiger partial charge in [-0.25, -0.2) is 0 Å². The van der Waals surface area contributed by atoms with E-state index in [1.807, 2.05) is 0 Å². The first-order chi connectivity index (χ1) is 13.9. The van der Waals surface area contributed by atoms with Crippen molar-refractivity contribution in [3.05, 3.63) is 0 Å². The molecule has 2 fully saturated rings. The Hall–Kier alpha value is 0.320. The van der Waals surface area contributed by atoms with Gasteiger partial charge in [0, 0.05) is 0 Å². The third-order valence-electron chi connectivity index (χ3n) is 6.82. The van der Waals surface area contributed by atoms with Gasteiger partial charge in [-0.3, -0.25) is 9.59 Å². The summed E-state index contributed by atoms with van der Waals surface area (Å²) in [5, 5.41) is 0. The number of esters is 2. The number of ether oxygens (including phenoxy) is 2. The summed E-state index contributed by atoms with van der Waals surface area (Å²) in [6, 6.07) is 0. The molecule has 0 unspecified atom stereocenters. The molecule has 0 N–H and O–H groups in total. The first kappa shape index (κ1) is 31.3. The summed E-state index contributed by atoms with van der Waals surface area (Å²) >= 11 is 0. The molecule has 0 bridgehead atoms. The number of hydrogen-bond acceptors (Lipinski definition) is 4. The highest BCUT2D eigenvalue weighted by Crippen LogP contribution is 2.17. The molecule has 8 heteroatoms. The van der Waals surface area contributed by atoms with Crippen LogP contribution in [0.2, 0.25) is 0 Å². The maximum atomic E-state index is 11.9. The van der Waals surface area contributed by atoms with E-state index in [9.17, 15) is 9.59 Å². The molecule has 0 atom stereocenters. The Bertz CT molecular complexity index is 464. The van der Waals surface area contributed by atoms with Crippen LogP contribution in [0.5, 0.6) is 0 Å². The lowest BCUT2D eigenvalue weighted by molar-refractivity contribution is -0.913. The fourth-order valence-corrected chi connectivity index (χ4v) is 4.62. The van der Waals surface area contributed by atoms with Crippen LogP contribution in [0.15, 0.2) is 0 Å². The number of carbonyl (C=O) groups is 2. The van der Waals surface area contributed by atoms with Gasteiger partial charge in [0.1, 0.15) is 0 Å². The molecular formula is C23H44I2N2O4. The summed E-state index contributed by atoms with van der Waals surface area (Å²) in [6.45, 7) is 7.49. The van der Waals surface area contributed by atoms with E-state index < -0.39 is 0 Å². The third kappa shape index (κ3) is 13.6. The van der Waals surface area contributed by atoms with Gasteiger partial charge in [0.15, 0.2) is 0 Å². The molecule has 0 aromatic rings. The van der Waals surface area contributed by atoms with Gasteiger partial charge in [0.2, 0.25) is 0 Å². The quantitative estimate of drug-likeness (QED) is 0.0986. The van der Waals surface area contributed by atoms with Gasteiger partial charge in [-0.1, -0.05) is 0 Å². The second kappa shape index (κ2) is 16.9. The predicted octanol–water partition coefficient (Wildman–Crippen LogP) is -2.71. The van der Waals surface area contributed by atoms with Crippen molar-refractivity contribution in [2.45, 2.75) is 70.6 Å². The van der Waals surface area contributed by atoms with Crippen LogP contribution in [0, 0.1) is 0 Å². The second-order valence-electron chi connectivity index (χ2n) is 9.70. The molecule has 6 nitrogen and oxygen atoms in total. The Balaban J connectivity index is 0.00000450. The number of quaternary nitrogens is 2. The van der Waals surface area contributed by atoms with Gasteiger partial charge in [0.05, 0.1) is 79.4 Å². The standard InChI is InChI=1S/C23H44N2O4.2HI/c1-24(14-6-3-7-15-24)18-12-22(26)28-20-10-5-11-21-29-23(27)13-19-25(2)16-8-4-9-17-25;;/h3-21H2,1-2H3;2*1H/q+2;;/p-2. The molecule has 0 aromatic heterocycles. The maximum Gasteiger partial charge on any atom is 0.311 e. The number of hydrogen-bond donors (Lipinski definition) is 0. The molecule has 0 spiro atoms. The van der Waals surface area contributed by atoms with E-state index in [-0.39, 0.29) is 59.9 Å². The Labute approximate surface area is 224 Å². The highest BCUT2D eigenvalue weighted by atomic mass is 127. The molecule has 0 radical (unpaired) electrons. The fraction of sp³-hybridized carbons (Fsp3) is 0.913. The summed E-state index contributed by atoms with van der Waals surface area (Å²) < 4.78 is 12.8. The lowest BCUT2D eigenvalue weighted by Gasteiger charge is -2.37. The molecule has 0 aromatic carbocycles. The van der Waals surface area contributed by atoms with Crippen LogP contribution in [-0.2, 0) is 19.1 Å². The third-order valence-corrected chi connectivity index (χ3v) is 6.82. The number of likely N-dealkylation sites (tertiary alicyclic amines) is 2. The topological polar surface area (TPSA) is 52.6 Å². The number of unbranched alkanes of at least 4 members (excludes halogenated alkanes) is 2. The van der Waals surface area contributed by atoms with Crippen LogP contribution in [0.25, 0.3) is 0 Å². The number of halogens is 2. The molecule has 0 aliphatic carbocycles. The molecule has 2 heterocycles. The summed E-state index contributed by atoms with van der Waals surface area (Å²) in [6.07, 6.45) is 11.4. The Morgan fingerprint density at radius 2 is 0.968 bits per heavy atom. The second-order valence-corrected chi connectivity index (χ2v) is 9.70. The Morgan fingerprint density at radius 1 is 0.613 bits per heavy atom. The van der Waals surface area contributed by atoms with Gasteiger partial charge in [-0.05, 0) is 57.8 Å². The van der Waals surface area contributed by atoms with E-state index in [2.05, 4.69) is 14.1 Å². The predicted molar refractivity (Wildman–Crippen MR) is 114 cm³/mol. The van der Waals surface area contributed by atoms with Crippen molar-refractivity contribution in [1.82, 2.24) is 0 Å². The minimum Gasteiger partial charge on any atom is -1.00 e. The average molecular weight is 666 g/mol. The summed E-state index contributed by atoms with van der Waals surface area (Å²) in [4.78, 5) is 23.9. The van der Waals surface area contributed by atoms with Crippen molar-refractivity contribution in [3.63, 3.8) is 0 Å². The largest absolute Gasteiger partial charge is 1.00 e. The number of piperidine rings is 2. The van der Waals surface area contributed by atoms with Crippen LogP contribution in [0.3, 0.4) is 0 Å². The Morgan fingerprint density at radius 3 is 1.32 bits per heavy atom. The van der Waals surface area contributed by atoms with Crippen LogP contribution >= 0.6 is 0 Å². The number of nitrogens with zero attached hydrogens (tertiary/aromatic N) is 2. The van der Waals surface area contributed by atoms with Crippen LogP contribution in [0.4, 0.5) is 0 Å². The molecule has 2 aliphatic heterocycles. The molecule has 2 aliphatic rings. The van der Waals surface area contributed by atoms with Crippen molar-refractivity contribution in [2.75, 3.05) is 66.6 Å². The normalized spacial score (nSPS) is 19.4. The smallest absolute Gasteiger partial charge is 0.311 e. The van der Waals surface area contributed by atoms with Gasteiger partial charge in [-0.2, -0.15) is 0 Å². The van der Waals surface area contributed by atoms with E-state index in [0.29, 0.717) is 26.1 Å². The van der Waals surface area contributed by atoms with Crippen molar-refractivity contribution in [1.29, 1.82) is 0 Å². The van der Waals surface area contributed by atoms with Crippen molar-refractivity contribution < 1.29 is 76.0 Å². The molecular weight excluding hydrogens is 622 g/mol. The van der Waals surface area contributed by atoms with Crippen LogP contribution in [-0.4, -0.2) is 87.5 Å². The minimum absolute atomic E-state index is 0. The first-order valence-corrected chi connectivity index (χ1v) is 11.9. The van der Waals surface area contributed by atoms with E-state index in [1.165, 1.54) is 64.7 Å². The zero-order valence-electron chi connectivity index (χ0n) is 19.7. The number of rotatable bonds is 12. The zero-order valence-corrected chi connectivity index (χ0v) is 24.0. The average Bonchev–Trinajstić information content (AvgIpc) is 2.71. The highest BCUT2D eigenvalue weighted by Gasteiger charge is 2.26. The van der Waals surface area contributed by atoms with E-state index >= 15 is 0 Å². The van der Waals surface area contributed by atoms with E-state index in [4.69, 9.17) is 9.47 Å². The molecule has 184 valence electrons. The summed E-state index contributed by atoms with van der Waals surface area (Å²) in [5.41, 5.74) is 0. The zero-order chi connectivity index (χ0) is 21.0. The van der Waals surface area contributed by atoms with Crippen molar-refractivity contribution in [3.8, 4) is 0 Å². The highest BCUT2D eigenvalue weighted by molar-refractivity contribution is 5.69. The lowest BCUT2D eigenvalue weighted by Crippen LogP contribution is -3.00. The van der Waals surface area contributed by atoms with Gasteiger partial charge < -0.3 is 66.4 Å².